The van der Waals surface area contributed by atoms with Crippen LogP contribution in [0.2, 0.25) is 0 Å². The molecule has 0 fully saturated rings. The molecule has 0 aliphatic heterocycles. The minimum absolute atomic E-state index is 0.00210. The summed E-state index contributed by atoms with van der Waals surface area (Å²) in [5.74, 6) is 6.39. The number of benzene rings is 1. The van der Waals surface area contributed by atoms with Crippen LogP contribution < -0.4 is 27.6 Å². The number of aromatic nitrogens is 5. The minimum atomic E-state index is -0.479. The molecule has 3 aromatic heterocycles. The number of imidazole rings is 1. The Morgan fingerprint density at radius 1 is 1.18 bits per heavy atom. The van der Waals surface area contributed by atoms with E-state index in [4.69, 9.17) is 11.5 Å². The van der Waals surface area contributed by atoms with E-state index >= 15 is 0 Å². The molecule has 0 aliphatic rings. The Labute approximate surface area is 196 Å². The lowest BCUT2D eigenvalue weighted by Gasteiger charge is -2.20. The fourth-order valence-electron chi connectivity index (χ4n) is 4.16. The number of anilines is 2. The zero-order valence-corrected chi connectivity index (χ0v) is 19.7. The van der Waals surface area contributed by atoms with E-state index in [9.17, 15) is 9.59 Å². The van der Waals surface area contributed by atoms with Gasteiger partial charge in [-0.25, -0.2) is 4.79 Å². The van der Waals surface area contributed by atoms with Gasteiger partial charge in [-0.05, 0) is 13.8 Å². The Bertz CT molecular complexity index is 1570. The van der Waals surface area contributed by atoms with Gasteiger partial charge in [-0.1, -0.05) is 30.2 Å². The van der Waals surface area contributed by atoms with Crippen LogP contribution in [-0.2, 0) is 20.1 Å². The maximum absolute atomic E-state index is 13.7. The Morgan fingerprint density at radius 3 is 2.56 bits per heavy atom. The number of nitrogens with zero attached hydrogens (tertiary/aromatic N) is 6. The molecule has 10 nitrogen and oxygen atoms in total. The number of nitrogen functional groups attached to an aromatic ring is 1. The monoisotopic (exact) mass is 460 g/mol. The van der Waals surface area contributed by atoms with E-state index in [0.29, 0.717) is 35.0 Å². The van der Waals surface area contributed by atoms with E-state index in [1.807, 2.05) is 43.1 Å². The van der Waals surface area contributed by atoms with Crippen molar-refractivity contribution in [3.05, 3.63) is 57.0 Å². The molecule has 4 aromatic rings. The summed E-state index contributed by atoms with van der Waals surface area (Å²) in [5.41, 5.74) is 12.8. The average molecular weight is 461 g/mol. The number of fused-ring (bicyclic) bond motifs is 2. The molecular weight excluding hydrogens is 432 g/mol. The van der Waals surface area contributed by atoms with Crippen LogP contribution in [0, 0.1) is 11.8 Å². The number of hydrogen-bond donors (Lipinski definition) is 2. The second-order valence-electron chi connectivity index (χ2n) is 8.39. The molecular formula is C24H28N8O2. The van der Waals surface area contributed by atoms with Crippen molar-refractivity contribution >= 4 is 33.6 Å². The summed E-state index contributed by atoms with van der Waals surface area (Å²) in [5, 5.41) is 1.61. The second-order valence-corrected chi connectivity index (χ2v) is 8.39. The standard InChI is InChI=1S/C24H28N8O2/c1-5-6-11-31-20-21(28-23(31)29(3)13-15(2)25)30(4)24(34)32(22(20)33)14-19-17-10-8-7-9-16(17)18(26)12-27-19/h7-10,12,15H,11,13-14,25-26H2,1-4H3. The summed E-state index contributed by atoms with van der Waals surface area (Å²) in [6, 6.07) is 7.41. The number of rotatable bonds is 6. The molecule has 10 heteroatoms. The van der Waals surface area contributed by atoms with E-state index < -0.39 is 11.2 Å². The summed E-state index contributed by atoms with van der Waals surface area (Å²) in [7, 11) is 3.45. The first kappa shape index (κ1) is 23.1. The highest BCUT2D eigenvalue weighted by molar-refractivity contribution is 5.93. The lowest BCUT2D eigenvalue weighted by Crippen LogP contribution is -2.40. The Balaban J connectivity index is 1.96. The van der Waals surface area contributed by atoms with Crippen LogP contribution in [0.25, 0.3) is 21.9 Å². The first-order chi connectivity index (χ1) is 16.2. The summed E-state index contributed by atoms with van der Waals surface area (Å²) in [4.78, 5) is 37.9. The molecule has 0 spiro atoms. The maximum Gasteiger partial charge on any atom is 0.332 e. The van der Waals surface area contributed by atoms with Gasteiger partial charge in [0.1, 0.15) is 0 Å². The predicted molar refractivity (Wildman–Crippen MR) is 135 cm³/mol. The number of aryl methyl sites for hydroxylation is 1. The topological polar surface area (TPSA) is 130 Å². The number of pyridine rings is 1. The van der Waals surface area contributed by atoms with Gasteiger partial charge in [0.25, 0.3) is 5.56 Å². The average Bonchev–Trinajstić information content (AvgIpc) is 3.20. The lowest BCUT2D eigenvalue weighted by molar-refractivity contribution is 0.647. The van der Waals surface area contributed by atoms with Crippen molar-refractivity contribution in [1.82, 2.24) is 23.7 Å². The van der Waals surface area contributed by atoms with Crippen LogP contribution in [0.15, 0.2) is 40.1 Å². The zero-order chi connectivity index (χ0) is 24.6. The largest absolute Gasteiger partial charge is 0.397 e. The molecule has 0 saturated heterocycles. The van der Waals surface area contributed by atoms with E-state index in [1.165, 1.54) is 9.13 Å². The fourth-order valence-corrected chi connectivity index (χ4v) is 4.16. The van der Waals surface area contributed by atoms with Crippen molar-refractivity contribution < 1.29 is 0 Å². The number of nitrogens with two attached hydrogens (primary N) is 2. The van der Waals surface area contributed by atoms with Crippen molar-refractivity contribution in [2.75, 3.05) is 24.2 Å². The third kappa shape index (κ3) is 3.91. The van der Waals surface area contributed by atoms with Crippen LogP contribution in [0.5, 0.6) is 0 Å². The van der Waals surface area contributed by atoms with Crippen molar-refractivity contribution in [2.45, 2.75) is 33.0 Å². The van der Waals surface area contributed by atoms with E-state index in [-0.39, 0.29) is 19.1 Å². The van der Waals surface area contributed by atoms with Gasteiger partial charge in [-0.3, -0.25) is 23.5 Å². The van der Waals surface area contributed by atoms with Gasteiger partial charge in [-0.15, -0.1) is 5.92 Å². The second kappa shape index (κ2) is 9.03. The molecule has 1 aromatic carbocycles. The molecule has 4 rings (SSSR count). The Hall–Kier alpha value is -4.10. The fraction of sp³-hybridized carbons (Fsp3) is 0.333. The molecule has 0 radical (unpaired) electrons. The number of likely N-dealkylation sites (N-methyl/N-ethyl adjacent to an activating group) is 1. The van der Waals surface area contributed by atoms with Gasteiger partial charge >= 0.3 is 5.69 Å². The molecule has 0 bridgehead atoms. The SMILES string of the molecule is CC#CCn1c(N(C)CC(C)N)nc2c1c(=O)n(Cc1ncc(N)c3ccccc13)c(=O)n2C. The van der Waals surface area contributed by atoms with Crippen LogP contribution in [-0.4, -0.2) is 43.3 Å². The van der Waals surface area contributed by atoms with Gasteiger partial charge in [0.05, 0.1) is 30.7 Å². The summed E-state index contributed by atoms with van der Waals surface area (Å²) in [6.45, 7) is 4.39. The smallest absolute Gasteiger partial charge is 0.332 e. The van der Waals surface area contributed by atoms with Crippen molar-refractivity contribution in [3.63, 3.8) is 0 Å². The highest BCUT2D eigenvalue weighted by atomic mass is 16.2. The first-order valence-corrected chi connectivity index (χ1v) is 10.9. The zero-order valence-electron chi connectivity index (χ0n) is 19.7. The van der Waals surface area contributed by atoms with Crippen molar-refractivity contribution in [3.8, 4) is 11.8 Å². The molecule has 1 atom stereocenters. The van der Waals surface area contributed by atoms with Crippen molar-refractivity contribution in [1.29, 1.82) is 0 Å². The summed E-state index contributed by atoms with van der Waals surface area (Å²) < 4.78 is 4.30. The maximum atomic E-state index is 13.7. The summed E-state index contributed by atoms with van der Waals surface area (Å²) >= 11 is 0. The van der Waals surface area contributed by atoms with Gasteiger partial charge in [-0.2, -0.15) is 4.98 Å². The number of hydrogen-bond acceptors (Lipinski definition) is 7. The van der Waals surface area contributed by atoms with Gasteiger partial charge < -0.3 is 16.4 Å². The third-order valence-corrected chi connectivity index (χ3v) is 5.75. The quantitative estimate of drug-likeness (QED) is 0.409. The van der Waals surface area contributed by atoms with Gasteiger partial charge in [0, 0.05) is 37.5 Å². The van der Waals surface area contributed by atoms with E-state index in [0.717, 1.165) is 10.8 Å². The summed E-state index contributed by atoms with van der Waals surface area (Å²) in [6.07, 6.45) is 1.55. The molecule has 4 N–H and O–H groups in total. The Kier molecular flexibility index (Phi) is 6.13. The minimum Gasteiger partial charge on any atom is -0.397 e. The highest BCUT2D eigenvalue weighted by Gasteiger charge is 2.23. The molecule has 1 unspecified atom stereocenters. The van der Waals surface area contributed by atoms with E-state index in [2.05, 4.69) is 21.8 Å². The Morgan fingerprint density at radius 2 is 1.88 bits per heavy atom. The molecule has 3 heterocycles. The first-order valence-electron chi connectivity index (χ1n) is 10.9. The van der Waals surface area contributed by atoms with Crippen LogP contribution in [0.4, 0.5) is 11.6 Å². The lowest BCUT2D eigenvalue weighted by atomic mass is 10.1. The van der Waals surface area contributed by atoms with Crippen LogP contribution in [0.3, 0.4) is 0 Å². The molecule has 34 heavy (non-hydrogen) atoms. The van der Waals surface area contributed by atoms with Crippen molar-refractivity contribution in [2.24, 2.45) is 12.8 Å². The predicted octanol–water partition coefficient (Wildman–Crippen LogP) is 0.882. The van der Waals surface area contributed by atoms with Gasteiger partial charge in [0.15, 0.2) is 11.2 Å². The van der Waals surface area contributed by atoms with Gasteiger partial charge in [0.2, 0.25) is 5.95 Å². The normalized spacial score (nSPS) is 12.0. The van der Waals surface area contributed by atoms with Crippen LogP contribution >= 0.6 is 0 Å². The van der Waals surface area contributed by atoms with Crippen LogP contribution in [0.1, 0.15) is 19.5 Å². The third-order valence-electron chi connectivity index (χ3n) is 5.75. The molecule has 0 saturated carbocycles. The molecule has 0 amide bonds. The molecule has 176 valence electrons. The molecule has 0 aliphatic carbocycles. The highest BCUT2D eigenvalue weighted by Crippen LogP contribution is 2.23. The van der Waals surface area contributed by atoms with E-state index in [1.54, 1.807) is 24.7 Å².